The minimum atomic E-state index is -0.226. The van der Waals surface area contributed by atoms with Crippen molar-refractivity contribution in [3.8, 4) is 0 Å². The van der Waals surface area contributed by atoms with Crippen LogP contribution in [-0.4, -0.2) is 35.2 Å². The van der Waals surface area contributed by atoms with Gasteiger partial charge in [0.25, 0.3) is 0 Å². The molecule has 0 saturated carbocycles. The van der Waals surface area contributed by atoms with Gasteiger partial charge in [-0.25, -0.2) is 4.39 Å². The molecule has 0 amide bonds. The Kier molecular flexibility index (Phi) is 4.32. The maximum atomic E-state index is 13.9. The third-order valence-electron chi connectivity index (χ3n) is 3.61. The number of hydrogen-bond acceptors (Lipinski definition) is 3. The Morgan fingerprint density at radius 1 is 1.33 bits per heavy atom. The summed E-state index contributed by atoms with van der Waals surface area (Å²) >= 11 is 0. The van der Waals surface area contributed by atoms with Crippen molar-refractivity contribution < 1.29 is 9.50 Å². The molecule has 0 spiro atoms. The van der Waals surface area contributed by atoms with Crippen LogP contribution in [0.3, 0.4) is 0 Å². The summed E-state index contributed by atoms with van der Waals surface area (Å²) in [4.78, 5) is 2.18. The predicted octanol–water partition coefficient (Wildman–Crippen LogP) is 1.67. The van der Waals surface area contributed by atoms with E-state index in [1.807, 2.05) is 13.0 Å². The summed E-state index contributed by atoms with van der Waals surface area (Å²) < 4.78 is 13.9. The zero-order valence-corrected chi connectivity index (χ0v) is 10.7. The lowest BCUT2D eigenvalue weighted by Crippen LogP contribution is -2.45. The van der Waals surface area contributed by atoms with Crippen molar-refractivity contribution in [2.75, 3.05) is 13.1 Å². The fourth-order valence-corrected chi connectivity index (χ4v) is 2.69. The second-order valence-corrected chi connectivity index (χ2v) is 5.09. The van der Waals surface area contributed by atoms with Gasteiger partial charge in [-0.3, -0.25) is 4.90 Å². The fraction of sp³-hybridized carbons (Fsp3) is 0.571. The van der Waals surface area contributed by atoms with Crippen LogP contribution in [0.25, 0.3) is 0 Å². The number of rotatable bonds is 3. The van der Waals surface area contributed by atoms with Crippen LogP contribution in [0.2, 0.25) is 0 Å². The fourth-order valence-electron chi connectivity index (χ4n) is 2.69. The van der Waals surface area contributed by atoms with Gasteiger partial charge in [0.1, 0.15) is 5.82 Å². The number of halogens is 1. The summed E-state index contributed by atoms with van der Waals surface area (Å²) in [6, 6.07) is 6.55. The van der Waals surface area contributed by atoms with Crippen molar-refractivity contribution in [1.82, 2.24) is 4.90 Å². The van der Waals surface area contributed by atoms with E-state index in [-0.39, 0.29) is 24.0 Å². The predicted molar refractivity (Wildman–Crippen MR) is 69.6 cm³/mol. The summed E-state index contributed by atoms with van der Waals surface area (Å²) in [5.41, 5.74) is 6.69. The molecule has 0 aliphatic carbocycles. The van der Waals surface area contributed by atoms with Crippen LogP contribution in [0.15, 0.2) is 24.3 Å². The lowest BCUT2D eigenvalue weighted by atomic mass is 9.95. The molecule has 1 heterocycles. The molecule has 1 aromatic rings. The van der Waals surface area contributed by atoms with E-state index in [4.69, 9.17) is 5.73 Å². The average Bonchev–Trinajstić information content (AvgIpc) is 2.34. The molecule has 1 saturated heterocycles. The molecule has 1 aliphatic heterocycles. The van der Waals surface area contributed by atoms with Crippen LogP contribution >= 0.6 is 0 Å². The van der Waals surface area contributed by atoms with Gasteiger partial charge in [0.05, 0.1) is 12.1 Å². The molecule has 1 aromatic carbocycles. The molecular formula is C14H21FN2O. The van der Waals surface area contributed by atoms with E-state index in [1.54, 1.807) is 12.1 Å². The van der Waals surface area contributed by atoms with E-state index in [9.17, 15) is 9.50 Å². The Labute approximate surface area is 107 Å². The summed E-state index contributed by atoms with van der Waals surface area (Å²) in [6.07, 6.45) is 1.24. The highest BCUT2D eigenvalue weighted by molar-refractivity contribution is 5.23. The lowest BCUT2D eigenvalue weighted by molar-refractivity contribution is 0.0539. The molecule has 2 rings (SSSR count). The minimum Gasteiger partial charge on any atom is -0.393 e. The van der Waals surface area contributed by atoms with Gasteiger partial charge in [0.15, 0.2) is 0 Å². The SMILES string of the molecule is CC(N)C(c1ccccc1F)N1CCC(O)CC1. The molecule has 1 aliphatic rings. The summed E-state index contributed by atoms with van der Waals surface area (Å²) in [5.74, 6) is -0.203. The summed E-state index contributed by atoms with van der Waals surface area (Å²) in [6.45, 7) is 3.44. The zero-order chi connectivity index (χ0) is 13.1. The summed E-state index contributed by atoms with van der Waals surface area (Å²) in [7, 11) is 0. The Morgan fingerprint density at radius 2 is 1.94 bits per heavy atom. The third-order valence-corrected chi connectivity index (χ3v) is 3.61. The number of nitrogens with zero attached hydrogens (tertiary/aromatic N) is 1. The number of hydrogen-bond donors (Lipinski definition) is 2. The van der Waals surface area contributed by atoms with Crippen LogP contribution in [0.4, 0.5) is 4.39 Å². The number of benzene rings is 1. The largest absolute Gasteiger partial charge is 0.393 e. The number of nitrogens with two attached hydrogens (primary N) is 1. The van der Waals surface area contributed by atoms with Gasteiger partial charge in [-0.05, 0) is 25.8 Å². The highest BCUT2D eigenvalue weighted by Crippen LogP contribution is 2.28. The van der Waals surface area contributed by atoms with E-state index < -0.39 is 0 Å². The van der Waals surface area contributed by atoms with Crippen molar-refractivity contribution in [1.29, 1.82) is 0 Å². The van der Waals surface area contributed by atoms with E-state index in [1.165, 1.54) is 6.07 Å². The molecule has 0 radical (unpaired) electrons. The maximum absolute atomic E-state index is 13.9. The molecule has 3 N–H and O–H groups in total. The van der Waals surface area contributed by atoms with E-state index in [0.717, 1.165) is 25.9 Å². The zero-order valence-electron chi connectivity index (χ0n) is 10.7. The van der Waals surface area contributed by atoms with E-state index >= 15 is 0 Å². The lowest BCUT2D eigenvalue weighted by Gasteiger charge is -2.38. The van der Waals surface area contributed by atoms with Crippen molar-refractivity contribution in [2.24, 2.45) is 5.73 Å². The van der Waals surface area contributed by atoms with Crippen molar-refractivity contribution in [3.05, 3.63) is 35.6 Å². The van der Waals surface area contributed by atoms with Crippen molar-refractivity contribution in [2.45, 2.75) is 38.0 Å². The first-order valence-corrected chi connectivity index (χ1v) is 6.51. The Morgan fingerprint density at radius 3 is 2.50 bits per heavy atom. The molecule has 0 bridgehead atoms. The van der Waals surface area contributed by atoms with Gasteiger partial charge in [0.2, 0.25) is 0 Å². The molecule has 0 aromatic heterocycles. The normalized spacial score (nSPS) is 21.8. The minimum absolute atomic E-state index is 0.112. The molecule has 3 nitrogen and oxygen atoms in total. The molecule has 100 valence electrons. The number of aliphatic hydroxyl groups excluding tert-OH is 1. The quantitative estimate of drug-likeness (QED) is 0.860. The second kappa shape index (κ2) is 5.78. The monoisotopic (exact) mass is 252 g/mol. The average molecular weight is 252 g/mol. The van der Waals surface area contributed by atoms with Gasteiger partial charge in [0, 0.05) is 24.7 Å². The molecule has 18 heavy (non-hydrogen) atoms. The number of piperidine rings is 1. The second-order valence-electron chi connectivity index (χ2n) is 5.09. The highest BCUT2D eigenvalue weighted by atomic mass is 19.1. The third kappa shape index (κ3) is 2.88. The Balaban J connectivity index is 2.21. The maximum Gasteiger partial charge on any atom is 0.128 e. The van der Waals surface area contributed by atoms with Gasteiger partial charge in [-0.15, -0.1) is 0 Å². The number of likely N-dealkylation sites (tertiary alicyclic amines) is 1. The first-order chi connectivity index (χ1) is 8.59. The number of aliphatic hydroxyl groups is 1. The molecule has 2 atom stereocenters. The molecule has 1 fully saturated rings. The van der Waals surface area contributed by atoms with E-state index in [0.29, 0.717) is 5.56 Å². The van der Waals surface area contributed by atoms with Gasteiger partial charge in [-0.1, -0.05) is 18.2 Å². The Hall–Kier alpha value is -0.970. The van der Waals surface area contributed by atoms with Crippen molar-refractivity contribution >= 4 is 0 Å². The first kappa shape index (κ1) is 13.5. The topological polar surface area (TPSA) is 49.5 Å². The van der Waals surface area contributed by atoms with Crippen LogP contribution in [0, 0.1) is 5.82 Å². The van der Waals surface area contributed by atoms with Crippen LogP contribution < -0.4 is 5.73 Å². The van der Waals surface area contributed by atoms with Gasteiger partial charge in [-0.2, -0.15) is 0 Å². The standard InChI is InChI=1S/C14H21FN2O/c1-10(16)14(12-4-2-3-5-13(12)15)17-8-6-11(18)7-9-17/h2-5,10-11,14,18H,6-9,16H2,1H3. The molecular weight excluding hydrogens is 231 g/mol. The van der Waals surface area contributed by atoms with E-state index in [2.05, 4.69) is 4.90 Å². The van der Waals surface area contributed by atoms with Crippen LogP contribution in [-0.2, 0) is 0 Å². The summed E-state index contributed by atoms with van der Waals surface area (Å²) in [5, 5.41) is 9.54. The Bertz CT molecular complexity index is 389. The van der Waals surface area contributed by atoms with Gasteiger partial charge < -0.3 is 10.8 Å². The molecule has 4 heteroatoms. The van der Waals surface area contributed by atoms with Crippen molar-refractivity contribution in [3.63, 3.8) is 0 Å². The van der Waals surface area contributed by atoms with Crippen LogP contribution in [0.1, 0.15) is 31.4 Å². The first-order valence-electron chi connectivity index (χ1n) is 6.51. The smallest absolute Gasteiger partial charge is 0.128 e. The van der Waals surface area contributed by atoms with Crippen LogP contribution in [0.5, 0.6) is 0 Å². The molecule has 2 unspecified atom stereocenters. The highest BCUT2D eigenvalue weighted by Gasteiger charge is 2.29. The van der Waals surface area contributed by atoms with Gasteiger partial charge >= 0.3 is 0 Å².